The Balaban J connectivity index is 0.000000141. The summed E-state index contributed by atoms with van der Waals surface area (Å²) >= 11 is 0. The first kappa shape index (κ1) is 73.4. The van der Waals surface area contributed by atoms with Crippen molar-refractivity contribution in [3.63, 3.8) is 0 Å². The molecule has 18 rings (SSSR count). The Morgan fingerprint density at radius 3 is 1.46 bits per heavy atom. The Hall–Kier alpha value is -10.5. The molecular weight excluding hydrogens is 1360 g/mol. The summed E-state index contributed by atoms with van der Waals surface area (Å²) in [5, 5.41) is 10.6. The molecular formula is C83H91N9O15. The monoisotopic (exact) mass is 1450 g/mol. The predicted molar refractivity (Wildman–Crippen MR) is 388 cm³/mol. The maximum atomic E-state index is 14.6. The van der Waals surface area contributed by atoms with Crippen molar-refractivity contribution in [2.45, 2.75) is 181 Å². The number of fused-ring (bicyclic) bond motifs is 13. The predicted octanol–water partition coefficient (Wildman–Crippen LogP) is 8.61. The van der Waals surface area contributed by atoms with Gasteiger partial charge >= 0.3 is 30.3 Å². The molecule has 8 fully saturated rings. The van der Waals surface area contributed by atoms with E-state index in [-0.39, 0.29) is 121 Å². The smallest absolute Gasteiger partial charge is 0.410 e. The van der Waals surface area contributed by atoms with Gasteiger partial charge in [0.05, 0.1) is 50.5 Å². The molecule has 0 bridgehead atoms. The largest absolute Gasteiger partial charge is 0.467 e. The highest BCUT2D eigenvalue weighted by Gasteiger charge is 2.59. The summed E-state index contributed by atoms with van der Waals surface area (Å²) in [5.41, 5.74) is 8.06. The fourth-order valence-electron chi connectivity index (χ4n) is 19.8. The maximum absolute atomic E-state index is 14.6. The SMILES string of the molecule is CC#N.COC(=O)[C@@H]1CC[C@@H]2C=C[C@H]3CCN(C(=O)OCC4c5ccccc5-c5ccccc54)[C@@H]3C(=O)N21.COC(=O)[C@@H]1CC[C@@H]2C=C[C@H]3CCN[C@@H]3C(=O)N21.C[C@@H]1CC[C@@H]2C=C[C@H]3CCN(C(=O)[C@@H]4CC[C@H]5C=C[C@]6(CCCN6C(=O)OCC6c7ccccc7-c7ccccc76)C(=O)N54)[C@@H]3C(=O)N12.O=C=O. The number of ether oxygens (including phenoxy) is 4. The Labute approximate surface area is 622 Å². The summed E-state index contributed by atoms with van der Waals surface area (Å²) in [6.45, 7) is 6.15. The van der Waals surface area contributed by atoms with Crippen molar-refractivity contribution in [1.29, 1.82) is 5.26 Å². The van der Waals surface area contributed by atoms with Crippen LogP contribution in [0.3, 0.4) is 0 Å². The normalized spacial score (nSPS) is 30.2. The molecule has 0 radical (unpaired) electrons. The van der Waals surface area contributed by atoms with Crippen molar-refractivity contribution in [3.8, 4) is 28.3 Å². The van der Waals surface area contributed by atoms with Crippen molar-refractivity contribution in [2.75, 3.05) is 53.6 Å². The standard InChI is InChI=1S/C39H42N4O5.C28H28N2O5.C13H18N2O3.C2H3N.CO2/c1-24-11-13-26-14-12-25-18-22-40(34(25)36(45)42(24)26)35(44)33-16-15-27-17-20-39(37(46)43(27)33)19-6-21-41(39)38(47)48-23-32-30-9-4-2-7-28(30)29-8-3-5-10-31(29)32;1-34-27(32)24-13-12-18-11-10-17-14-15-29(25(17)26(31)30(18)24)28(33)35-16-23-21-8-4-2-6-19(21)20-7-3-5-9-22(20)23;1-18-13(17)10-5-4-9-3-2-8-6-7-14-11(8)12(16)15(9)10;1-2-3;2-1-3/h2-5,7-10,12,14,17,20,24-27,32-34H,6,11,13,15-16,18-19,21-23H2,1H3;2-11,17-18,23-25H,12-16H2,1H3;2-3,8-11,14H,4-7H2,1H3;1H3;/t24-,25+,26-,27+,33+,34+,39-;17-,18-,24-,25-;8-,9-,10-,11-;;/m100../s1. The fraction of sp³-hybridized carbons (Fsp3) is 0.482. The molecule has 558 valence electrons. The lowest BCUT2D eigenvalue weighted by atomic mass is 9.89. The molecule has 24 heteroatoms. The number of carbonyl (C=O) groups is 9. The van der Waals surface area contributed by atoms with E-state index < -0.39 is 53.9 Å². The summed E-state index contributed by atoms with van der Waals surface area (Å²) in [6, 6.07) is 31.6. The number of hydrogen-bond acceptors (Lipinski definition) is 17. The van der Waals surface area contributed by atoms with Crippen molar-refractivity contribution in [3.05, 3.63) is 168 Å². The van der Waals surface area contributed by atoms with Crippen LogP contribution in [0.4, 0.5) is 9.59 Å². The molecule has 0 unspecified atom stereocenters. The van der Waals surface area contributed by atoms with E-state index >= 15 is 0 Å². The molecule has 15 atom stereocenters. The van der Waals surface area contributed by atoms with Gasteiger partial charge in [0.2, 0.25) is 23.6 Å². The number of nitriles is 1. The van der Waals surface area contributed by atoms with Crippen LogP contribution in [0.15, 0.2) is 146 Å². The summed E-state index contributed by atoms with van der Waals surface area (Å²) < 4.78 is 21.7. The van der Waals surface area contributed by atoms with Crippen LogP contribution < -0.4 is 5.32 Å². The van der Waals surface area contributed by atoms with Gasteiger partial charge in [-0.2, -0.15) is 14.9 Å². The first-order valence-corrected chi connectivity index (χ1v) is 37.8. The Morgan fingerprint density at radius 2 is 0.935 bits per heavy atom. The minimum absolute atomic E-state index is 0.00126. The Kier molecular flexibility index (Phi) is 21.4. The lowest BCUT2D eigenvalue weighted by Crippen LogP contribution is -2.64. The first-order chi connectivity index (χ1) is 52.0. The van der Waals surface area contributed by atoms with E-state index in [0.29, 0.717) is 71.0 Å². The van der Waals surface area contributed by atoms with Crippen molar-refractivity contribution >= 4 is 59.8 Å². The quantitative estimate of drug-likeness (QED) is 0.103. The molecule has 107 heavy (non-hydrogen) atoms. The highest BCUT2D eigenvalue weighted by molar-refractivity contribution is 6.00. The molecule has 8 saturated heterocycles. The van der Waals surface area contributed by atoms with Crippen LogP contribution in [0, 0.1) is 29.1 Å². The summed E-state index contributed by atoms with van der Waals surface area (Å²) in [7, 11) is 2.72. The molecule has 24 nitrogen and oxygen atoms in total. The van der Waals surface area contributed by atoms with Crippen LogP contribution in [0.5, 0.6) is 0 Å². The molecule has 7 amide bonds. The van der Waals surface area contributed by atoms with Gasteiger partial charge in [0.25, 0.3) is 5.91 Å². The number of hydrogen-bond donors (Lipinski definition) is 1. The Bertz CT molecular complexity index is 4280. The number of rotatable bonds is 7. The lowest BCUT2D eigenvalue weighted by molar-refractivity contribution is -0.192. The molecule has 12 heterocycles. The van der Waals surface area contributed by atoms with Gasteiger partial charge < -0.3 is 48.8 Å². The first-order valence-electron chi connectivity index (χ1n) is 37.8. The third-order valence-corrected chi connectivity index (χ3v) is 24.7. The van der Waals surface area contributed by atoms with Gasteiger partial charge in [0.15, 0.2) is 0 Å². The molecule has 4 aromatic rings. The van der Waals surface area contributed by atoms with Crippen molar-refractivity contribution in [1.82, 2.24) is 39.6 Å². The summed E-state index contributed by atoms with van der Waals surface area (Å²) in [5.74, 6) is -1.05. The third kappa shape index (κ3) is 13.2. The lowest BCUT2D eigenvalue weighted by Gasteiger charge is -2.44. The van der Waals surface area contributed by atoms with Gasteiger partial charge in [-0.15, -0.1) is 0 Å². The van der Waals surface area contributed by atoms with Gasteiger partial charge in [-0.05, 0) is 141 Å². The zero-order valence-electron chi connectivity index (χ0n) is 60.7. The molecule has 0 saturated carbocycles. The maximum Gasteiger partial charge on any atom is 0.410 e. The average Bonchev–Trinajstić information content (AvgIpc) is 1.61. The fourth-order valence-corrected chi connectivity index (χ4v) is 19.8. The average molecular weight is 1450 g/mol. The number of benzene rings is 4. The second kappa shape index (κ2) is 31.1. The van der Waals surface area contributed by atoms with Gasteiger partial charge in [0, 0.05) is 62.2 Å². The van der Waals surface area contributed by atoms with E-state index in [4.69, 9.17) is 33.8 Å². The van der Waals surface area contributed by atoms with Gasteiger partial charge in [-0.25, -0.2) is 19.2 Å². The van der Waals surface area contributed by atoms with Crippen LogP contribution in [0.1, 0.15) is 131 Å². The molecule has 1 N–H and O–H groups in total. The number of amides is 7. The van der Waals surface area contributed by atoms with E-state index in [1.54, 1.807) is 35.5 Å². The van der Waals surface area contributed by atoms with Crippen molar-refractivity contribution < 1.29 is 71.7 Å². The number of methoxy groups -OCH3 is 2. The van der Waals surface area contributed by atoms with E-state index in [1.165, 1.54) is 32.3 Å². The molecule has 1 spiro atoms. The summed E-state index contributed by atoms with van der Waals surface area (Å²) in [6.07, 6.45) is 25.4. The molecule has 2 aliphatic carbocycles. The molecule has 0 aromatic heterocycles. The van der Waals surface area contributed by atoms with Crippen LogP contribution >= 0.6 is 0 Å². The van der Waals surface area contributed by atoms with Crippen LogP contribution in [0.25, 0.3) is 22.3 Å². The minimum Gasteiger partial charge on any atom is -0.467 e. The van der Waals surface area contributed by atoms with Crippen LogP contribution in [0.2, 0.25) is 0 Å². The highest BCUT2D eigenvalue weighted by atomic mass is 16.6. The van der Waals surface area contributed by atoms with Crippen molar-refractivity contribution in [2.24, 2.45) is 17.8 Å². The zero-order valence-corrected chi connectivity index (χ0v) is 60.7. The van der Waals surface area contributed by atoms with Gasteiger partial charge in [-0.1, -0.05) is 146 Å². The Morgan fingerprint density at radius 1 is 0.505 bits per heavy atom. The second-order valence-electron chi connectivity index (χ2n) is 30.0. The van der Waals surface area contributed by atoms with Gasteiger partial charge in [0.1, 0.15) is 49.0 Å². The number of nitrogens with one attached hydrogen (secondary N) is 1. The number of esters is 2. The minimum atomic E-state index is -1.17. The van der Waals surface area contributed by atoms with Gasteiger partial charge in [-0.3, -0.25) is 33.8 Å². The summed E-state index contributed by atoms with van der Waals surface area (Å²) in [4.78, 5) is 149. The molecule has 14 aliphatic rings. The van der Waals surface area contributed by atoms with Crippen LogP contribution in [-0.4, -0.2) is 220 Å². The van der Waals surface area contributed by atoms with E-state index in [2.05, 4.69) is 85.1 Å². The highest BCUT2D eigenvalue weighted by Crippen LogP contribution is 2.49. The van der Waals surface area contributed by atoms with E-state index in [9.17, 15) is 43.2 Å². The van der Waals surface area contributed by atoms with E-state index in [0.717, 1.165) is 72.0 Å². The van der Waals surface area contributed by atoms with Crippen LogP contribution in [-0.2, 0) is 62.1 Å². The number of carbonyl (C=O) groups excluding carboxylic acids is 11. The molecule has 4 aromatic carbocycles. The number of nitrogens with zero attached hydrogens (tertiary/aromatic N) is 8. The number of likely N-dealkylation sites (tertiary alicyclic amines) is 3. The van der Waals surface area contributed by atoms with E-state index in [1.807, 2.05) is 77.7 Å². The molecule has 12 aliphatic heterocycles. The second-order valence-corrected chi connectivity index (χ2v) is 30.0. The zero-order chi connectivity index (χ0) is 74.9. The third-order valence-electron chi connectivity index (χ3n) is 24.7. The topological polar surface area (TPSA) is 283 Å².